The Morgan fingerprint density at radius 3 is 2.18 bits per heavy atom. The van der Waals surface area contributed by atoms with Crippen LogP contribution in [0.4, 0.5) is 4.79 Å². The molecule has 0 aromatic heterocycles. The van der Waals surface area contributed by atoms with E-state index in [1.807, 2.05) is 0 Å². The van der Waals surface area contributed by atoms with Gasteiger partial charge in [-0.25, -0.2) is 9.59 Å². The lowest BCUT2D eigenvalue weighted by Gasteiger charge is -2.43. The van der Waals surface area contributed by atoms with Gasteiger partial charge in [0, 0.05) is 33.1 Å². The standard InChI is InChI=1S/C29H37N3O13/c1-6-39-27(37)23(12-9-21(36)13-31-30)32-29(38)41-14-20-7-10-22(11-8-20)44-28-26(43-19(5)35)25(42-18(4)34)16(2)24(45-28)15-40-17(3)33/h7-8,10-11,13,16,23-26,28H,6,9,12,14-15H2,1-5H3,(H,32,38)/t16-,23-,24+,25-,26+,28-/m0/s1. The first kappa shape index (κ1) is 36.4. The zero-order valence-electron chi connectivity index (χ0n) is 25.6. The van der Waals surface area contributed by atoms with Crippen molar-refractivity contribution in [1.82, 2.24) is 5.32 Å². The molecule has 1 amide bonds. The molecule has 2 rings (SSSR count). The lowest BCUT2D eigenvalue weighted by Crippen LogP contribution is -2.59. The highest BCUT2D eigenvalue weighted by Crippen LogP contribution is 2.32. The van der Waals surface area contributed by atoms with Crippen LogP contribution in [0.2, 0.25) is 0 Å². The quantitative estimate of drug-likeness (QED) is 0.0955. The molecule has 1 aromatic rings. The van der Waals surface area contributed by atoms with Crippen molar-refractivity contribution < 1.29 is 66.7 Å². The largest absolute Gasteiger partial charge is 0.464 e. The van der Waals surface area contributed by atoms with E-state index in [1.165, 1.54) is 32.9 Å². The molecule has 45 heavy (non-hydrogen) atoms. The van der Waals surface area contributed by atoms with E-state index in [0.29, 0.717) is 11.8 Å². The number of ether oxygens (including phenoxy) is 7. The average molecular weight is 636 g/mol. The van der Waals surface area contributed by atoms with Crippen molar-refractivity contribution in [1.29, 1.82) is 0 Å². The van der Waals surface area contributed by atoms with Crippen LogP contribution in [0.15, 0.2) is 24.3 Å². The van der Waals surface area contributed by atoms with Gasteiger partial charge in [0.2, 0.25) is 18.2 Å². The Labute approximate surface area is 259 Å². The monoisotopic (exact) mass is 635 g/mol. The van der Waals surface area contributed by atoms with Gasteiger partial charge in [-0.3, -0.25) is 19.2 Å². The predicted octanol–water partition coefficient (Wildman–Crippen LogP) is 1.66. The zero-order chi connectivity index (χ0) is 33.5. The van der Waals surface area contributed by atoms with E-state index < -0.39 is 72.3 Å². The summed E-state index contributed by atoms with van der Waals surface area (Å²) in [5.41, 5.74) is 8.99. The smallest absolute Gasteiger partial charge is 0.408 e. The van der Waals surface area contributed by atoms with E-state index in [2.05, 4.69) is 10.1 Å². The van der Waals surface area contributed by atoms with Gasteiger partial charge in [-0.05, 0) is 31.0 Å². The fourth-order valence-corrected chi connectivity index (χ4v) is 4.24. The second kappa shape index (κ2) is 18.1. The number of carbonyl (C=O) groups is 6. The highest BCUT2D eigenvalue weighted by atomic mass is 16.7. The number of Topliss-reactive ketones (excluding diaryl/α,β-unsaturated/α-hetero) is 1. The second-order valence-corrected chi connectivity index (χ2v) is 9.89. The summed E-state index contributed by atoms with van der Waals surface area (Å²) in [5.74, 6) is -3.43. The summed E-state index contributed by atoms with van der Waals surface area (Å²) in [6, 6.07) is 5.03. The van der Waals surface area contributed by atoms with E-state index in [9.17, 15) is 28.8 Å². The van der Waals surface area contributed by atoms with E-state index in [-0.39, 0.29) is 38.4 Å². The summed E-state index contributed by atoms with van der Waals surface area (Å²) in [4.78, 5) is 74.0. The van der Waals surface area contributed by atoms with Gasteiger partial charge in [0.05, 0.1) is 6.61 Å². The summed E-state index contributed by atoms with van der Waals surface area (Å²) < 4.78 is 38.0. The Morgan fingerprint density at radius 1 is 0.956 bits per heavy atom. The van der Waals surface area contributed by atoms with Crippen LogP contribution in [0.25, 0.3) is 5.53 Å². The number of hydrogen-bond acceptors (Lipinski definition) is 13. The maximum atomic E-state index is 12.4. The molecule has 0 unspecified atom stereocenters. The molecule has 1 heterocycles. The van der Waals surface area contributed by atoms with Gasteiger partial charge < -0.3 is 44.0 Å². The normalized spacial score (nSPS) is 21.1. The number of esters is 4. The molecular weight excluding hydrogens is 598 g/mol. The average Bonchev–Trinajstić information content (AvgIpc) is 2.97. The van der Waals surface area contributed by atoms with Gasteiger partial charge in [0.15, 0.2) is 0 Å². The van der Waals surface area contributed by atoms with E-state index >= 15 is 0 Å². The van der Waals surface area contributed by atoms with Crippen LogP contribution in [0.1, 0.15) is 53.0 Å². The maximum Gasteiger partial charge on any atom is 0.408 e. The number of alkyl carbamates (subject to hydrolysis) is 1. The molecule has 16 heteroatoms. The Morgan fingerprint density at radius 2 is 1.60 bits per heavy atom. The summed E-state index contributed by atoms with van der Waals surface area (Å²) in [5, 5.41) is 2.35. The number of benzene rings is 1. The molecule has 0 radical (unpaired) electrons. The minimum absolute atomic E-state index is 0.0519. The molecule has 0 bridgehead atoms. The van der Waals surface area contributed by atoms with Gasteiger partial charge in [0.1, 0.15) is 37.2 Å². The predicted molar refractivity (Wildman–Crippen MR) is 150 cm³/mol. The first-order valence-corrected chi connectivity index (χ1v) is 14.0. The van der Waals surface area contributed by atoms with Crippen LogP contribution in [-0.4, -0.2) is 90.6 Å². The Kier molecular flexibility index (Phi) is 14.6. The third kappa shape index (κ3) is 12.4. The molecule has 0 aliphatic carbocycles. The van der Waals surface area contributed by atoms with Crippen molar-refractivity contribution in [2.75, 3.05) is 13.2 Å². The highest BCUT2D eigenvalue weighted by Gasteiger charge is 2.49. The van der Waals surface area contributed by atoms with Crippen LogP contribution in [-0.2, 0) is 59.0 Å². The van der Waals surface area contributed by atoms with Gasteiger partial charge in [0.25, 0.3) is 0 Å². The Hall–Kier alpha value is -4.82. The number of carbonyl (C=O) groups excluding carboxylic acids is 6. The number of nitrogens with zero attached hydrogens (tertiary/aromatic N) is 2. The third-order valence-electron chi connectivity index (χ3n) is 6.35. The van der Waals surface area contributed by atoms with Crippen molar-refractivity contribution in [2.24, 2.45) is 5.92 Å². The second-order valence-electron chi connectivity index (χ2n) is 9.89. The number of hydrogen-bond donors (Lipinski definition) is 1. The van der Waals surface area contributed by atoms with Crippen LogP contribution < -0.4 is 10.1 Å². The van der Waals surface area contributed by atoms with Gasteiger partial charge in [-0.1, -0.05) is 19.1 Å². The SMILES string of the molecule is CCOC(=O)[C@H](CCC(=O)C=[N+]=[N-])NC(=O)OCc1ccc(O[C@H]2O[C@H](COC(C)=O)[C@H](C)[C@H](OC(C)=O)[C@H]2OC(C)=O)cc1. The summed E-state index contributed by atoms with van der Waals surface area (Å²) in [6.07, 6.45) is -4.70. The van der Waals surface area contributed by atoms with Gasteiger partial charge in [-0.15, -0.1) is 0 Å². The summed E-state index contributed by atoms with van der Waals surface area (Å²) in [6.45, 7) is 6.59. The summed E-state index contributed by atoms with van der Waals surface area (Å²) >= 11 is 0. The molecule has 1 fully saturated rings. The van der Waals surface area contributed by atoms with Crippen LogP contribution >= 0.6 is 0 Å². The topological polar surface area (TPSA) is 215 Å². The molecule has 246 valence electrons. The van der Waals surface area contributed by atoms with Crippen molar-refractivity contribution in [2.45, 2.75) is 84.7 Å². The lowest BCUT2D eigenvalue weighted by atomic mass is 9.90. The molecule has 0 saturated carbocycles. The first-order chi connectivity index (χ1) is 21.3. The Balaban J connectivity index is 2.10. The van der Waals surface area contributed by atoms with Crippen LogP contribution in [0, 0.1) is 5.92 Å². The van der Waals surface area contributed by atoms with Crippen molar-refractivity contribution in [3.63, 3.8) is 0 Å². The van der Waals surface area contributed by atoms with Crippen LogP contribution in [0.5, 0.6) is 5.75 Å². The first-order valence-electron chi connectivity index (χ1n) is 14.0. The van der Waals surface area contributed by atoms with Crippen LogP contribution in [0.3, 0.4) is 0 Å². The molecule has 1 aliphatic heterocycles. The number of ketones is 1. The van der Waals surface area contributed by atoms with E-state index in [1.54, 1.807) is 26.0 Å². The lowest BCUT2D eigenvalue weighted by molar-refractivity contribution is -0.271. The fourth-order valence-electron chi connectivity index (χ4n) is 4.24. The molecule has 1 aliphatic rings. The molecule has 1 aromatic carbocycles. The number of rotatable bonds is 15. The maximum absolute atomic E-state index is 12.4. The zero-order valence-corrected chi connectivity index (χ0v) is 25.6. The van der Waals surface area contributed by atoms with Crippen molar-refractivity contribution in [3.05, 3.63) is 35.4 Å². The Bertz CT molecular complexity index is 1260. The third-order valence-corrected chi connectivity index (χ3v) is 6.35. The minimum Gasteiger partial charge on any atom is -0.464 e. The summed E-state index contributed by atoms with van der Waals surface area (Å²) in [7, 11) is 0. The highest BCUT2D eigenvalue weighted by molar-refractivity contribution is 6.25. The molecule has 1 saturated heterocycles. The molecule has 16 nitrogen and oxygen atoms in total. The van der Waals surface area contributed by atoms with Gasteiger partial charge in [-0.2, -0.15) is 4.79 Å². The molecule has 1 N–H and O–H groups in total. The molecular formula is C29H37N3O13. The molecule has 6 atom stereocenters. The molecule has 0 spiro atoms. The van der Waals surface area contributed by atoms with Crippen molar-refractivity contribution >= 4 is 42.0 Å². The fraction of sp³-hybridized carbons (Fsp3) is 0.552. The van der Waals surface area contributed by atoms with Gasteiger partial charge >= 0.3 is 36.2 Å². The van der Waals surface area contributed by atoms with E-state index in [4.69, 9.17) is 38.7 Å². The van der Waals surface area contributed by atoms with E-state index in [0.717, 1.165) is 0 Å². The van der Waals surface area contributed by atoms with Crippen molar-refractivity contribution in [3.8, 4) is 5.75 Å². The minimum atomic E-state index is -1.25. The number of amides is 1. The number of nitrogens with one attached hydrogen (secondary N) is 1.